The summed E-state index contributed by atoms with van der Waals surface area (Å²) in [4.78, 5) is 0. The van der Waals surface area contributed by atoms with E-state index in [4.69, 9.17) is 0 Å². The molecule has 1 aliphatic rings. The Labute approximate surface area is 75.9 Å². The summed E-state index contributed by atoms with van der Waals surface area (Å²) in [5.74, 6) is 5.99. The van der Waals surface area contributed by atoms with E-state index >= 15 is 0 Å². The first-order valence-corrected chi connectivity index (χ1v) is 4.97. The van der Waals surface area contributed by atoms with E-state index in [0.717, 1.165) is 6.54 Å². The van der Waals surface area contributed by atoms with E-state index in [2.05, 4.69) is 24.1 Å². The third kappa shape index (κ3) is 2.25. The van der Waals surface area contributed by atoms with Crippen LogP contribution in [0.15, 0.2) is 0 Å². The average Bonchev–Trinajstić information content (AvgIpc) is 2.55. The van der Waals surface area contributed by atoms with Crippen molar-refractivity contribution in [3.05, 3.63) is 0 Å². The SMILES string of the molecule is CC#CCNC1(CC)CCCC1. The first kappa shape index (κ1) is 9.61. The van der Waals surface area contributed by atoms with E-state index in [-0.39, 0.29) is 0 Å². The second kappa shape index (κ2) is 4.52. The van der Waals surface area contributed by atoms with E-state index in [1.54, 1.807) is 0 Å². The van der Waals surface area contributed by atoms with Gasteiger partial charge in [-0.15, -0.1) is 5.92 Å². The Hall–Kier alpha value is -0.480. The zero-order valence-electron chi connectivity index (χ0n) is 8.24. The van der Waals surface area contributed by atoms with E-state index in [1.165, 1.54) is 32.1 Å². The Morgan fingerprint density at radius 3 is 2.50 bits per heavy atom. The highest BCUT2D eigenvalue weighted by Gasteiger charge is 2.30. The monoisotopic (exact) mass is 165 g/mol. The first-order valence-electron chi connectivity index (χ1n) is 4.97. The van der Waals surface area contributed by atoms with Gasteiger partial charge in [0.15, 0.2) is 0 Å². The summed E-state index contributed by atoms with van der Waals surface area (Å²) < 4.78 is 0. The number of hydrogen-bond donors (Lipinski definition) is 1. The molecule has 1 fully saturated rings. The maximum Gasteiger partial charge on any atom is 0.0580 e. The molecule has 0 radical (unpaired) electrons. The largest absolute Gasteiger partial charge is 0.301 e. The summed E-state index contributed by atoms with van der Waals surface area (Å²) >= 11 is 0. The van der Waals surface area contributed by atoms with E-state index in [9.17, 15) is 0 Å². The van der Waals surface area contributed by atoms with Crippen molar-refractivity contribution >= 4 is 0 Å². The second-order valence-corrected chi connectivity index (χ2v) is 3.62. The molecule has 0 aromatic rings. The molecule has 1 N–H and O–H groups in total. The molecule has 12 heavy (non-hydrogen) atoms. The van der Waals surface area contributed by atoms with Crippen LogP contribution in [0.4, 0.5) is 0 Å². The molecule has 0 atom stereocenters. The predicted octanol–water partition coefficient (Wildman–Crippen LogP) is 2.32. The highest BCUT2D eigenvalue weighted by Crippen LogP contribution is 2.31. The average molecular weight is 165 g/mol. The summed E-state index contributed by atoms with van der Waals surface area (Å²) in [7, 11) is 0. The Morgan fingerprint density at radius 1 is 1.33 bits per heavy atom. The minimum absolute atomic E-state index is 0.434. The van der Waals surface area contributed by atoms with Crippen molar-refractivity contribution in [2.75, 3.05) is 6.54 Å². The van der Waals surface area contributed by atoms with E-state index in [0.29, 0.717) is 5.54 Å². The fourth-order valence-corrected chi connectivity index (χ4v) is 2.03. The molecule has 0 heterocycles. The lowest BCUT2D eigenvalue weighted by molar-refractivity contribution is 0.336. The zero-order chi connectivity index (χ0) is 8.86. The van der Waals surface area contributed by atoms with Crippen molar-refractivity contribution < 1.29 is 0 Å². The van der Waals surface area contributed by atoms with E-state index in [1.807, 2.05) is 6.92 Å². The molecular formula is C11H19N. The Kier molecular flexibility index (Phi) is 3.62. The van der Waals surface area contributed by atoms with Gasteiger partial charge in [0.25, 0.3) is 0 Å². The van der Waals surface area contributed by atoms with Crippen LogP contribution in [0, 0.1) is 11.8 Å². The van der Waals surface area contributed by atoms with Gasteiger partial charge in [-0.25, -0.2) is 0 Å². The van der Waals surface area contributed by atoms with Gasteiger partial charge in [-0.05, 0) is 26.2 Å². The van der Waals surface area contributed by atoms with Crippen molar-refractivity contribution in [3.8, 4) is 11.8 Å². The lowest BCUT2D eigenvalue weighted by atomic mass is 9.94. The molecule has 0 bridgehead atoms. The fourth-order valence-electron chi connectivity index (χ4n) is 2.03. The van der Waals surface area contributed by atoms with Crippen molar-refractivity contribution in [1.82, 2.24) is 5.32 Å². The maximum absolute atomic E-state index is 3.57. The molecule has 1 heteroatoms. The smallest absolute Gasteiger partial charge is 0.0580 e. The predicted molar refractivity (Wildman–Crippen MR) is 52.9 cm³/mol. The van der Waals surface area contributed by atoms with Crippen LogP contribution >= 0.6 is 0 Å². The van der Waals surface area contributed by atoms with Gasteiger partial charge < -0.3 is 5.32 Å². The molecule has 0 unspecified atom stereocenters. The Morgan fingerprint density at radius 2 is 2.00 bits per heavy atom. The Balaban J connectivity index is 2.37. The zero-order valence-corrected chi connectivity index (χ0v) is 8.24. The molecule has 1 nitrogen and oxygen atoms in total. The van der Waals surface area contributed by atoms with Gasteiger partial charge in [0.1, 0.15) is 0 Å². The molecule has 1 rings (SSSR count). The van der Waals surface area contributed by atoms with Crippen LogP contribution in [-0.2, 0) is 0 Å². The molecule has 1 aliphatic carbocycles. The summed E-state index contributed by atoms with van der Waals surface area (Å²) in [5, 5.41) is 3.57. The summed E-state index contributed by atoms with van der Waals surface area (Å²) in [6.45, 7) is 5.04. The summed E-state index contributed by atoms with van der Waals surface area (Å²) in [5.41, 5.74) is 0.434. The number of rotatable bonds is 3. The molecule has 0 saturated heterocycles. The number of nitrogens with one attached hydrogen (secondary N) is 1. The van der Waals surface area contributed by atoms with Crippen molar-refractivity contribution in [1.29, 1.82) is 0 Å². The minimum Gasteiger partial charge on any atom is -0.301 e. The standard InChI is InChI=1S/C11H19N/c1-3-5-10-12-11(4-2)8-6-7-9-11/h12H,4,6-10H2,1-2H3. The highest BCUT2D eigenvalue weighted by atomic mass is 15.0. The number of hydrogen-bond acceptors (Lipinski definition) is 1. The van der Waals surface area contributed by atoms with Crippen molar-refractivity contribution in [2.45, 2.75) is 51.5 Å². The van der Waals surface area contributed by atoms with Gasteiger partial charge in [0.2, 0.25) is 0 Å². The van der Waals surface area contributed by atoms with Crippen LogP contribution in [0.1, 0.15) is 46.0 Å². The third-order valence-corrected chi connectivity index (χ3v) is 2.97. The van der Waals surface area contributed by atoms with Crippen LogP contribution in [0.3, 0.4) is 0 Å². The quantitative estimate of drug-likeness (QED) is 0.633. The van der Waals surface area contributed by atoms with Gasteiger partial charge >= 0.3 is 0 Å². The molecule has 0 amide bonds. The van der Waals surface area contributed by atoms with Crippen LogP contribution in [0.5, 0.6) is 0 Å². The summed E-state index contributed by atoms with van der Waals surface area (Å²) in [6, 6.07) is 0. The first-order chi connectivity index (χ1) is 5.83. The maximum atomic E-state index is 3.57. The lowest BCUT2D eigenvalue weighted by Crippen LogP contribution is -2.42. The molecule has 0 spiro atoms. The van der Waals surface area contributed by atoms with Gasteiger partial charge in [-0.3, -0.25) is 0 Å². The summed E-state index contributed by atoms with van der Waals surface area (Å²) in [6.07, 6.45) is 6.71. The van der Waals surface area contributed by atoms with Crippen LogP contribution in [0.2, 0.25) is 0 Å². The van der Waals surface area contributed by atoms with E-state index < -0.39 is 0 Å². The van der Waals surface area contributed by atoms with Crippen LogP contribution < -0.4 is 5.32 Å². The topological polar surface area (TPSA) is 12.0 Å². The fraction of sp³-hybridized carbons (Fsp3) is 0.818. The molecule has 0 aromatic carbocycles. The highest BCUT2D eigenvalue weighted by molar-refractivity contribution is 5.01. The van der Waals surface area contributed by atoms with Gasteiger partial charge in [0.05, 0.1) is 6.54 Å². The molecule has 0 aromatic heterocycles. The third-order valence-electron chi connectivity index (χ3n) is 2.97. The molecule has 1 saturated carbocycles. The van der Waals surface area contributed by atoms with Gasteiger partial charge in [0, 0.05) is 5.54 Å². The van der Waals surface area contributed by atoms with Crippen LogP contribution in [-0.4, -0.2) is 12.1 Å². The van der Waals surface area contributed by atoms with Gasteiger partial charge in [-0.2, -0.15) is 0 Å². The lowest BCUT2D eigenvalue weighted by Gasteiger charge is -2.27. The van der Waals surface area contributed by atoms with Crippen molar-refractivity contribution in [2.24, 2.45) is 0 Å². The normalized spacial score (nSPS) is 20.2. The molecule has 68 valence electrons. The van der Waals surface area contributed by atoms with Crippen LogP contribution in [0.25, 0.3) is 0 Å². The van der Waals surface area contributed by atoms with Crippen molar-refractivity contribution in [3.63, 3.8) is 0 Å². The minimum atomic E-state index is 0.434. The molecule has 0 aliphatic heterocycles. The molecular weight excluding hydrogens is 146 g/mol. The van der Waals surface area contributed by atoms with Gasteiger partial charge in [-0.1, -0.05) is 25.7 Å². The Bertz CT molecular complexity index is 179. The second-order valence-electron chi connectivity index (χ2n) is 3.62.